The molecular weight excluding hydrogens is 198 g/mol. The Bertz CT molecular complexity index is 515. The molecule has 1 saturated heterocycles. The molecule has 1 heterocycles. The Morgan fingerprint density at radius 3 is 2.62 bits per heavy atom. The number of aromatic hydroxyl groups is 1. The zero-order valence-corrected chi connectivity index (χ0v) is 9.19. The highest BCUT2D eigenvalue weighted by Gasteiger charge is 2.12. The summed E-state index contributed by atoms with van der Waals surface area (Å²) >= 11 is 0. The van der Waals surface area contributed by atoms with Gasteiger partial charge in [-0.25, -0.2) is 0 Å². The number of anilines is 1. The molecule has 1 fully saturated rings. The number of phenols is 1. The fourth-order valence-corrected chi connectivity index (χ4v) is 2.43. The Hall–Kier alpha value is -1.70. The van der Waals surface area contributed by atoms with Gasteiger partial charge in [-0.3, -0.25) is 0 Å². The SMILES string of the molecule is Oc1cccc2cc(N3CCCC3)ccc12. The number of rotatable bonds is 1. The Morgan fingerprint density at radius 2 is 1.81 bits per heavy atom. The van der Waals surface area contributed by atoms with Crippen molar-refractivity contribution in [3.8, 4) is 5.75 Å². The average Bonchev–Trinajstić information content (AvgIpc) is 2.82. The second-order valence-corrected chi connectivity index (χ2v) is 4.38. The van der Waals surface area contributed by atoms with E-state index < -0.39 is 0 Å². The molecule has 2 heteroatoms. The summed E-state index contributed by atoms with van der Waals surface area (Å²) in [5, 5.41) is 11.8. The van der Waals surface area contributed by atoms with Crippen molar-refractivity contribution in [3.05, 3.63) is 36.4 Å². The van der Waals surface area contributed by atoms with E-state index in [0.29, 0.717) is 5.75 Å². The largest absolute Gasteiger partial charge is 0.507 e. The summed E-state index contributed by atoms with van der Waals surface area (Å²) in [6.07, 6.45) is 2.58. The van der Waals surface area contributed by atoms with E-state index in [1.807, 2.05) is 12.1 Å². The zero-order valence-electron chi connectivity index (χ0n) is 9.19. The summed E-state index contributed by atoms with van der Waals surface area (Å²) < 4.78 is 0. The number of hydrogen-bond acceptors (Lipinski definition) is 2. The molecular formula is C14H15NO. The monoisotopic (exact) mass is 213 g/mol. The zero-order chi connectivity index (χ0) is 11.0. The molecule has 2 nitrogen and oxygen atoms in total. The number of benzene rings is 2. The van der Waals surface area contributed by atoms with E-state index in [2.05, 4.69) is 23.1 Å². The molecule has 0 unspecified atom stereocenters. The maximum absolute atomic E-state index is 9.71. The van der Waals surface area contributed by atoms with Crippen LogP contribution in [0, 0.1) is 0 Å². The van der Waals surface area contributed by atoms with Gasteiger partial charge in [0.05, 0.1) is 0 Å². The van der Waals surface area contributed by atoms with E-state index in [4.69, 9.17) is 0 Å². The van der Waals surface area contributed by atoms with Gasteiger partial charge in [0.25, 0.3) is 0 Å². The Kier molecular flexibility index (Phi) is 2.21. The maximum Gasteiger partial charge on any atom is 0.123 e. The van der Waals surface area contributed by atoms with E-state index in [9.17, 15) is 5.11 Å². The van der Waals surface area contributed by atoms with Gasteiger partial charge in [0.1, 0.15) is 5.75 Å². The standard InChI is InChI=1S/C14H15NO/c16-14-5-3-4-11-10-12(6-7-13(11)14)15-8-1-2-9-15/h3-7,10,16H,1-2,8-9H2. The summed E-state index contributed by atoms with van der Waals surface area (Å²) in [5.41, 5.74) is 1.27. The fourth-order valence-electron chi connectivity index (χ4n) is 2.43. The van der Waals surface area contributed by atoms with Crippen LogP contribution >= 0.6 is 0 Å². The summed E-state index contributed by atoms with van der Waals surface area (Å²) in [4.78, 5) is 2.41. The molecule has 1 aliphatic rings. The first-order valence-electron chi connectivity index (χ1n) is 5.81. The molecule has 1 N–H and O–H groups in total. The topological polar surface area (TPSA) is 23.5 Å². The summed E-state index contributed by atoms with van der Waals surface area (Å²) in [7, 11) is 0. The minimum absolute atomic E-state index is 0.366. The minimum Gasteiger partial charge on any atom is -0.507 e. The van der Waals surface area contributed by atoms with Gasteiger partial charge in [0.2, 0.25) is 0 Å². The first-order valence-corrected chi connectivity index (χ1v) is 5.81. The van der Waals surface area contributed by atoms with Gasteiger partial charge >= 0.3 is 0 Å². The lowest BCUT2D eigenvalue weighted by atomic mass is 10.1. The van der Waals surface area contributed by atoms with Crippen LogP contribution in [0.5, 0.6) is 5.75 Å². The van der Waals surface area contributed by atoms with Crippen LogP contribution in [0.1, 0.15) is 12.8 Å². The van der Waals surface area contributed by atoms with Crippen LogP contribution in [-0.2, 0) is 0 Å². The van der Waals surface area contributed by atoms with Crippen molar-refractivity contribution in [2.45, 2.75) is 12.8 Å². The highest BCUT2D eigenvalue weighted by atomic mass is 16.3. The summed E-state index contributed by atoms with van der Waals surface area (Å²) in [6, 6.07) is 12.0. The van der Waals surface area contributed by atoms with Gasteiger partial charge in [-0.2, -0.15) is 0 Å². The summed E-state index contributed by atoms with van der Waals surface area (Å²) in [5.74, 6) is 0.366. The highest BCUT2D eigenvalue weighted by molar-refractivity contribution is 5.90. The highest BCUT2D eigenvalue weighted by Crippen LogP contribution is 2.29. The lowest BCUT2D eigenvalue weighted by Gasteiger charge is -2.18. The lowest BCUT2D eigenvalue weighted by Crippen LogP contribution is -2.17. The molecule has 0 radical (unpaired) electrons. The predicted molar refractivity (Wildman–Crippen MR) is 67.1 cm³/mol. The molecule has 1 aliphatic heterocycles. The molecule has 0 aromatic heterocycles. The van der Waals surface area contributed by atoms with E-state index in [0.717, 1.165) is 23.9 Å². The van der Waals surface area contributed by atoms with Gasteiger partial charge in [0, 0.05) is 24.2 Å². The third-order valence-corrected chi connectivity index (χ3v) is 3.31. The normalized spacial score (nSPS) is 15.9. The molecule has 0 aliphatic carbocycles. The Balaban J connectivity index is 2.08. The number of fused-ring (bicyclic) bond motifs is 1. The van der Waals surface area contributed by atoms with E-state index in [1.54, 1.807) is 6.07 Å². The summed E-state index contributed by atoms with van der Waals surface area (Å²) in [6.45, 7) is 2.31. The third-order valence-electron chi connectivity index (χ3n) is 3.31. The van der Waals surface area contributed by atoms with Crippen molar-refractivity contribution >= 4 is 16.5 Å². The molecule has 3 rings (SSSR count). The average molecular weight is 213 g/mol. The van der Waals surface area contributed by atoms with Crippen molar-refractivity contribution in [1.82, 2.24) is 0 Å². The van der Waals surface area contributed by atoms with Crippen LogP contribution in [0.25, 0.3) is 10.8 Å². The molecule has 0 atom stereocenters. The van der Waals surface area contributed by atoms with Crippen molar-refractivity contribution in [2.75, 3.05) is 18.0 Å². The number of phenolic OH excluding ortho intramolecular Hbond substituents is 1. The minimum atomic E-state index is 0.366. The first-order chi connectivity index (χ1) is 7.84. The Labute approximate surface area is 95.1 Å². The van der Waals surface area contributed by atoms with Crippen LogP contribution in [0.3, 0.4) is 0 Å². The van der Waals surface area contributed by atoms with Crippen molar-refractivity contribution in [1.29, 1.82) is 0 Å². The van der Waals surface area contributed by atoms with Crippen LogP contribution in [0.2, 0.25) is 0 Å². The van der Waals surface area contributed by atoms with Crippen LogP contribution in [0.15, 0.2) is 36.4 Å². The van der Waals surface area contributed by atoms with Crippen LogP contribution in [0.4, 0.5) is 5.69 Å². The smallest absolute Gasteiger partial charge is 0.123 e. The van der Waals surface area contributed by atoms with E-state index in [-0.39, 0.29) is 0 Å². The molecule has 0 saturated carbocycles. The molecule has 2 aromatic carbocycles. The predicted octanol–water partition coefficient (Wildman–Crippen LogP) is 3.15. The van der Waals surface area contributed by atoms with Gasteiger partial charge in [0.15, 0.2) is 0 Å². The third kappa shape index (κ3) is 1.51. The van der Waals surface area contributed by atoms with Crippen LogP contribution in [-0.4, -0.2) is 18.2 Å². The first kappa shape index (κ1) is 9.52. The van der Waals surface area contributed by atoms with E-state index in [1.165, 1.54) is 18.5 Å². The maximum atomic E-state index is 9.71. The molecule has 16 heavy (non-hydrogen) atoms. The quantitative estimate of drug-likeness (QED) is 0.786. The molecule has 0 amide bonds. The second-order valence-electron chi connectivity index (χ2n) is 4.38. The van der Waals surface area contributed by atoms with Gasteiger partial charge < -0.3 is 10.0 Å². The van der Waals surface area contributed by atoms with Crippen LogP contribution < -0.4 is 4.90 Å². The van der Waals surface area contributed by atoms with Gasteiger partial charge in [-0.1, -0.05) is 12.1 Å². The van der Waals surface area contributed by atoms with Gasteiger partial charge in [-0.05, 0) is 42.5 Å². The molecule has 2 aromatic rings. The number of nitrogens with zero attached hydrogens (tertiary/aromatic N) is 1. The van der Waals surface area contributed by atoms with Crippen molar-refractivity contribution in [2.24, 2.45) is 0 Å². The molecule has 0 spiro atoms. The number of hydrogen-bond donors (Lipinski definition) is 1. The molecule has 0 bridgehead atoms. The Morgan fingerprint density at radius 1 is 1.00 bits per heavy atom. The fraction of sp³-hybridized carbons (Fsp3) is 0.286. The molecule has 82 valence electrons. The van der Waals surface area contributed by atoms with Crippen molar-refractivity contribution < 1.29 is 5.11 Å². The lowest BCUT2D eigenvalue weighted by molar-refractivity contribution is 0.481. The van der Waals surface area contributed by atoms with Crippen molar-refractivity contribution in [3.63, 3.8) is 0 Å². The van der Waals surface area contributed by atoms with Gasteiger partial charge in [-0.15, -0.1) is 0 Å². The second kappa shape index (κ2) is 3.71. The van der Waals surface area contributed by atoms with E-state index >= 15 is 0 Å².